The molecule has 0 saturated heterocycles. The van der Waals surface area contributed by atoms with Crippen LogP contribution < -0.4 is 0 Å². The van der Waals surface area contributed by atoms with Gasteiger partial charge in [0, 0.05) is 18.4 Å². The summed E-state index contributed by atoms with van der Waals surface area (Å²) in [5.41, 5.74) is 1.07. The molecule has 0 fully saturated rings. The van der Waals surface area contributed by atoms with E-state index in [2.05, 4.69) is 15.9 Å². The van der Waals surface area contributed by atoms with Crippen molar-refractivity contribution in [2.45, 2.75) is 26.2 Å². The minimum Gasteiger partial charge on any atom is -0.212 e. The highest BCUT2D eigenvalue weighted by atomic mass is 79.9. The Kier molecular flexibility index (Phi) is 7.04. The lowest BCUT2D eigenvalue weighted by Crippen LogP contribution is -2.36. The molecule has 0 aliphatic rings. The fourth-order valence-corrected chi connectivity index (χ4v) is 4.56. The molecule has 0 saturated carbocycles. The van der Waals surface area contributed by atoms with Gasteiger partial charge in [0.05, 0.1) is 5.75 Å². The molecule has 1 aromatic rings. The Bertz CT molecular complexity index is 456. The summed E-state index contributed by atoms with van der Waals surface area (Å²) in [7, 11) is -3.19. The van der Waals surface area contributed by atoms with E-state index in [4.69, 9.17) is 0 Å². The topological polar surface area (TPSA) is 37.4 Å². The van der Waals surface area contributed by atoms with Crippen molar-refractivity contribution in [1.29, 1.82) is 0 Å². The summed E-state index contributed by atoms with van der Waals surface area (Å²) >= 11 is 3.32. The summed E-state index contributed by atoms with van der Waals surface area (Å²) in [5.74, 6) is 0.185. The van der Waals surface area contributed by atoms with Crippen molar-refractivity contribution in [3.63, 3.8) is 0 Å². The van der Waals surface area contributed by atoms with Gasteiger partial charge in [-0.25, -0.2) is 12.7 Å². The Morgan fingerprint density at radius 3 is 2.37 bits per heavy atom. The number of nitrogens with zero attached hydrogens (tertiary/aromatic N) is 1. The molecule has 108 valence electrons. The molecule has 0 amide bonds. The molecule has 0 radical (unpaired) electrons. The molecule has 5 heteroatoms. The van der Waals surface area contributed by atoms with Crippen molar-refractivity contribution < 1.29 is 8.42 Å². The van der Waals surface area contributed by atoms with Crippen molar-refractivity contribution in [3.05, 3.63) is 35.9 Å². The highest BCUT2D eigenvalue weighted by molar-refractivity contribution is 9.09. The number of sulfonamides is 1. The Labute approximate surface area is 125 Å². The number of rotatable bonds is 8. The van der Waals surface area contributed by atoms with Gasteiger partial charge in [0.15, 0.2) is 0 Å². The van der Waals surface area contributed by atoms with Crippen LogP contribution in [-0.4, -0.2) is 36.9 Å². The van der Waals surface area contributed by atoms with E-state index in [0.29, 0.717) is 18.4 Å². The van der Waals surface area contributed by atoms with E-state index in [1.807, 2.05) is 44.2 Å². The molecule has 0 heterocycles. The molecular formula is C14H22BrNO2S. The fraction of sp³-hybridized carbons (Fsp3) is 0.571. The third-order valence-corrected chi connectivity index (χ3v) is 5.46. The first-order valence-electron chi connectivity index (χ1n) is 6.60. The maximum atomic E-state index is 12.4. The molecule has 19 heavy (non-hydrogen) atoms. The van der Waals surface area contributed by atoms with E-state index < -0.39 is 10.0 Å². The van der Waals surface area contributed by atoms with Crippen molar-refractivity contribution >= 4 is 26.0 Å². The van der Waals surface area contributed by atoms with Crippen molar-refractivity contribution in [2.24, 2.45) is 0 Å². The van der Waals surface area contributed by atoms with Crippen LogP contribution in [0, 0.1) is 0 Å². The molecule has 0 aromatic heterocycles. The predicted molar refractivity (Wildman–Crippen MR) is 84.3 cm³/mol. The number of hydrogen-bond acceptors (Lipinski definition) is 2. The zero-order valence-corrected chi connectivity index (χ0v) is 14.0. The number of halogens is 1. The van der Waals surface area contributed by atoms with Gasteiger partial charge in [-0.15, -0.1) is 0 Å². The molecule has 1 aromatic carbocycles. The number of hydrogen-bond donors (Lipinski definition) is 0. The molecular weight excluding hydrogens is 326 g/mol. The molecule has 0 aliphatic heterocycles. The van der Waals surface area contributed by atoms with E-state index in [1.165, 1.54) is 0 Å². The van der Waals surface area contributed by atoms with Gasteiger partial charge >= 0.3 is 0 Å². The average Bonchev–Trinajstić information content (AvgIpc) is 2.39. The van der Waals surface area contributed by atoms with Crippen LogP contribution in [0.2, 0.25) is 0 Å². The maximum absolute atomic E-state index is 12.4. The standard InChI is InChI=1S/C14H22BrNO2S/c1-3-10-16(11-9-15)19(17,18)12-13(2)14-7-5-4-6-8-14/h4-8,13H,3,9-12H2,1-2H3. The Hall–Kier alpha value is -0.390. The predicted octanol–water partition coefficient (Wildman–Crippen LogP) is 3.23. The van der Waals surface area contributed by atoms with Crippen LogP contribution in [0.1, 0.15) is 31.7 Å². The van der Waals surface area contributed by atoms with E-state index in [1.54, 1.807) is 4.31 Å². The van der Waals surface area contributed by atoms with Crippen LogP contribution in [0.3, 0.4) is 0 Å². The third kappa shape index (κ3) is 5.24. The minimum absolute atomic E-state index is 0.0147. The SMILES string of the molecule is CCCN(CCBr)S(=O)(=O)CC(C)c1ccccc1. The van der Waals surface area contributed by atoms with Crippen LogP contribution in [0.15, 0.2) is 30.3 Å². The lowest BCUT2D eigenvalue weighted by molar-refractivity contribution is 0.428. The lowest BCUT2D eigenvalue weighted by atomic mass is 10.0. The fourth-order valence-electron chi connectivity index (χ4n) is 2.03. The Morgan fingerprint density at radius 1 is 1.21 bits per heavy atom. The van der Waals surface area contributed by atoms with Crippen molar-refractivity contribution in [1.82, 2.24) is 4.31 Å². The summed E-state index contributed by atoms with van der Waals surface area (Å²) in [6, 6.07) is 9.80. The second-order valence-corrected chi connectivity index (χ2v) is 7.48. The summed E-state index contributed by atoms with van der Waals surface area (Å²) < 4.78 is 26.4. The van der Waals surface area contributed by atoms with E-state index in [9.17, 15) is 8.42 Å². The molecule has 0 N–H and O–H groups in total. The first-order valence-corrected chi connectivity index (χ1v) is 9.33. The first kappa shape index (κ1) is 16.7. The highest BCUT2D eigenvalue weighted by Gasteiger charge is 2.23. The zero-order valence-electron chi connectivity index (χ0n) is 11.5. The Balaban J connectivity index is 2.77. The Morgan fingerprint density at radius 2 is 1.84 bits per heavy atom. The normalized spacial score (nSPS) is 13.7. The van der Waals surface area contributed by atoms with Gasteiger partial charge in [0.1, 0.15) is 0 Å². The smallest absolute Gasteiger partial charge is 0.212 e. The van der Waals surface area contributed by atoms with Gasteiger partial charge in [-0.2, -0.15) is 0 Å². The lowest BCUT2D eigenvalue weighted by Gasteiger charge is -2.23. The molecule has 1 unspecified atom stereocenters. The quantitative estimate of drug-likeness (QED) is 0.677. The van der Waals surface area contributed by atoms with Gasteiger partial charge in [0.2, 0.25) is 10.0 Å². The van der Waals surface area contributed by atoms with Crippen LogP contribution >= 0.6 is 15.9 Å². The molecule has 0 aliphatic carbocycles. The monoisotopic (exact) mass is 347 g/mol. The molecule has 0 bridgehead atoms. The van der Waals surface area contributed by atoms with E-state index in [0.717, 1.165) is 12.0 Å². The van der Waals surface area contributed by atoms with Crippen LogP contribution in [0.4, 0.5) is 0 Å². The van der Waals surface area contributed by atoms with Gasteiger partial charge in [-0.1, -0.05) is 60.1 Å². The van der Waals surface area contributed by atoms with Gasteiger partial charge in [-0.3, -0.25) is 0 Å². The van der Waals surface area contributed by atoms with E-state index >= 15 is 0 Å². The summed E-state index contributed by atoms with van der Waals surface area (Å²) in [4.78, 5) is 0. The molecule has 0 spiro atoms. The second kappa shape index (κ2) is 8.02. The van der Waals surface area contributed by atoms with E-state index in [-0.39, 0.29) is 11.7 Å². The van der Waals surface area contributed by atoms with Gasteiger partial charge in [-0.05, 0) is 17.9 Å². The van der Waals surface area contributed by atoms with Crippen LogP contribution in [0.5, 0.6) is 0 Å². The molecule has 3 nitrogen and oxygen atoms in total. The second-order valence-electron chi connectivity index (χ2n) is 4.68. The highest BCUT2D eigenvalue weighted by Crippen LogP contribution is 2.19. The van der Waals surface area contributed by atoms with Gasteiger partial charge in [0.25, 0.3) is 0 Å². The largest absolute Gasteiger partial charge is 0.214 e. The summed E-state index contributed by atoms with van der Waals surface area (Å²) in [6.45, 7) is 5.09. The zero-order chi connectivity index (χ0) is 14.3. The van der Waals surface area contributed by atoms with Gasteiger partial charge < -0.3 is 0 Å². The average molecular weight is 348 g/mol. The number of benzene rings is 1. The number of alkyl halides is 1. The molecule has 1 rings (SSSR count). The third-order valence-electron chi connectivity index (χ3n) is 3.03. The summed E-state index contributed by atoms with van der Waals surface area (Å²) in [6.07, 6.45) is 0.839. The van der Waals surface area contributed by atoms with Crippen LogP contribution in [0.25, 0.3) is 0 Å². The van der Waals surface area contributed by atoms with Crippen molar-refractivity contribution in [2.75, 3.05) is 24.2 Å². The van der Waals surface area contributed by atoms with Crippen molar-refractivity contribution in [3.8, 4) is 0 Å². The molecule has 1 atom stereocenters. The van der Waals surface area contributed by atoms with Crippen LogP contribution in [-0.2, 0) is 10.0 Å². The first-order chi connectivity index (χ1) is 9.01. The minimum atomic E-state index is -3.19. The summed E-state index contributed by atoms with van der Waals surface area (Å²) in [5, 5.41) is 0.673. The maximum Gasteiger partial charge on any atom is 0.214 e.